The number of carbonyl (C=O) groups excluding carboxylic acids is 1. The summed E-state index contributed by atoms with van der Waals surface area (Å²) in [6.45, 7) is 0. The van der Waals surface area contributed by atoms with Crippen molar-refractivity contribution in [3.8, 4) is 0 Å². The van der Waals surface area contributed by atoms with E-state index in [9.17, 15) is 4.79 Å². The molecule has 0 spiro atoms. The van der Waals surface area contributed by atoms with Crippen LogP contribution in [-0.4, -0.2) is 20.0 Å². The summed E-state index contributed by atoms with van der Waals surface area (Å²) < 4.78 is 1.09. The molecule has 104 valence electrons. The van der Waals surface area contributed by atoms with Crippen molar-refractivity contribution in [3.63, 3.8) is 0 Å². The normalized spacial score (nSPS) is 10.2. The fraction of sp³-hybridized carbons (Fsp3) is 0.133. The Morgan fingerprint density at radius 2 is 1.80 bits per heavy atom. The minimum absolute atomic E-state index is 0.143. The summed E-state index contributed by atoms with van der Waals surface area (Å²) in [7, 11) is 3.84. The van der Waals surface area contributed by atoms with Crippen molar-refractivity contribution in [2.24, 2.45) is 0 Å². The Labute approximate surface area is 137 Å². The molecule has 0 aliphatic heterocycles. The highest BCUT2D eigenvalue weighted by atomic mass is 127. The molecule has 1 N–H and O–H groups in total. The average molecular weight is 401 g/mol. The van der Waals surface area contributed by atoms with Gasteiger partial charge in [-0.2, -0.15) is 0 Å². The molecule has 0 aromatic heterocycles. The molecule has 5 heteroatoms. The number of carbonyl (C=O) groups is 1. The van der Waals surface area contributed by atoms with E-state index in [1.54, 1.807) is 18.2 Å². The lowest BCUT2D eigenvalue weighted by Gasteiger charge is -2.15. The molecule has 0 unspecified atom stereocenters. The number of amides is 1. The quantitative estimate of drug-likeness (QED) is 0.781. The first-order chi connectivity index (χ1) is 9.47. The summed E-state index contributed by atoms with van der Waals surface area (Å²) in [4.78, 5) is 14.0. The summed E-state index contributed by atoms with van der Waals surface area (Å²) in [6.07, 6.45) is 0. The summed E-state index contributed by atoms with van der Waals surface area (Å²) in [6, 6.07) is 12.9. The van der Waals surface area contributed by atoms with E-state index >= 15 is 0 Å². The highest BCUT2D eigenvalue weighted by molar-refractivity contribution is 14.1. The van der Waals surface area contributed by atoms with Crippen LogP contribution in [-0.2, 0) is 0 Å². The number of nitrogens with zero attached hydrogens (tertiary/aromatic N) is 1. The molecule has 0 radical (unpaired) electrons. The molecule has 0 saturated heterocycles. The molecule has 0 aliphatic rings. The molecule has 20 heavy (non-hydrogen) atoms. The fourth-order valence-electron chi connectivity index (χ4n) is 1.75. The Morgan fingerprint density at radius 3 is 2.35 bits per heavy atom. The SMILES string of the molecule is CN(C)c1ccc(NC(=O)c2ccc(I)cc2)cc1Cl. The molecule has 0 fully saturated rings. The highest BCUT2D eigenvalue weighted by Gasteiger charge is 2.08. The third kappa shape index (κ3) is 3.64. The molecule has 3 nitrogen and oxygen atoms in total. The fourth-order valence-corrected chi connectivity index (χ4v) is 2.46. The second kappa shape index (κ2) is 6.45. The van der Waals surface area contributed by atoms with E-state index < -0.39 is 0 Å². The largest absolute Gasteiger partial charge is 0.376 e. The van der Waals surface area contributed by atoms with Crippen molar-refractivity contribution in [2.75, 3.05) is 24.3 Å². The van der Waals surface area contributed by atoms with Gasteiger partial charge in [-0.15, -0.1) is 0 Å². The van der Waals surface area contributed by atoms with Crippen molar-refractivity contribution in [3.05, 3.63) is 56.6 Å². The molecule has 2 aromatic carbocycles. The summed E-state index contributed by atoms with van der Waals surface area (Å²) in [5.74, 6) is -0.143. The van der Waals surface area contributed by atoms with Gasteiger partial charge in [0.05, 0.1) is 10.7 Å². The molecule has 0 atom stereocenters. The summed E-state index contributed by atoms with van der Waals surface area (Å²) >= 11 is 8.38. The van der Waals surface area contributed by atoms with Crippen molar-refractivity contribution < 1.29 is 4.79 Å². The lowest BCUT2D eigenvalue weighted by molar-refractivity contribution is 0.102. The smallest absolute Gasteiger partial charge is 0.255 e. The van der Waals surface area contributed by atoms with Crippen LogP contribution in [0.5, 0.6) is 0 Å². The summed E-state index contributed by atoms with van der Waals surface area (Å²) in [5, 5.41) is 3.45. The van der Waals surface area contributed by atoms with Crippen LogP contribution in [0.2, 0.25) is 5.02 Å². The van der Waals surface area contributed by atoms with Crippen LogP contribution in [0.15, 0.2) is 42.5 Å². The number of rotatable bonds is 3. The number of nitrogens with one attached hydrogen (secondary N) is 1. The maximum atomic E-state index is 12.1. The van der Waals surface area contributed by atoms with Crippen molar-refractivity contribution in [1.29, 1.82) is 0 Å². The first-order valence-electron chi connectivity index (χ1n) is 6.01. The predicted octanol–water partition coefficient (Wildman–Crippen LogP) is 4.26. The number of halogens is 2. The van der Waals surface area contributed by atoms with E-state index in [0.29, 0.717) is 16.3 Å². The monoisotopic (exact) mass is 400 g/mol. The molecule has 1 amide bonds. The number of hydrogen-bond acceptors (Lipinski definition) is 2. The Morgan fingerprint density at radius 1 is 1.15 bits per heavy atom. The number of benzene rings is 2. The van der Waals surface area contributed by atoms with Crippen molar-refractivity contribution >= 4 is 51.5 Å². The maximum Gasteiger partial charge on any atom is 0.255 e. The zero-order valence-corrected chi connectivity index (χ0v) is 14.1. The zero-order valence-electron chi connectivity index (χ0n) is 11.2. The van der Waals surface area contributed by atoms with Crippen molar-refractivity contribution in [2.45, 2.75) is 0 Å². The van der Waals surface area contributed by atoms with Gasteiger partial charge in [0.25, 0.3) is 5.91 Å². The minimum atomic E-state index is -0.143. The summed E-state index contributed by atoms with van der Waals surface area (Å²) in [5.41, 5.74) is 2.22. The van der Waals surface area contributed by atoms with Gasteiger partial charge in [0, 0.05) is 28.9 Å². The Bertz CT molecular complexity index is 626. The van der Waals surface area contributed by atoms with Crippen LogP contribution >= 0.6 is 34.2 Å². The van der Waals surface area contributed by atoms with Gasteiger partial charge in [-0.25, -0.2) is 0 Å². The van der Waals surface area contributed by atoms with Gasteiger partial charge in [-0.3, -0.25) is 4.79 Å². The standard InChI is InChI=1S/C15H14ClIN2O/c1-19(2)14-8-7-12(9-13(14)16)18-15(20)10-3-5-11(17)6-4-10/h3-9H,1-2H3,(H,18,20). The second-order valence-corrected chi connectivity index (χ2v) is 6.17. The van der Waals surface area contributed by atoms with E-state index in [-0.39, 0.29) is 5.91 Å². The molecule has 2 rings (SSSR count). The second-order valence-electron chi connectivity index (χ2n) is 4.52. The third-order valence-corrected chi connectivity index (χ3v) is 3.82. The first kappa shape index (κ1) is 15.1. The molecular weight excluding hydrogens is 387 g/mol. The van der Waals surface area contributed by atoms with Crippen LogP contribution < -0.4 is 10.2 Å². The lowest BCUT2D eigenvalue weighted by Crippen LogP contribution is -2.13. The first-order valence-corrected chi connectivity index (χ1v) is 7.47. The van der Waals surface area contributed by atoms with Gasteiger partial charge < -0.3 is 10.2 Å². The average Bonchev–Trinajstić information content (AvgIpc) is 2.39. The van der Waals surface area contributed by atoms with Crippen LogP contribution in [0.1, 0.15) is 10.4 Å². The van der Waals surface area contributed by atoms with Crippen LogP contribution in [0.25, 0.3) is 0 Å². The van der Waals surface area contributed by atoms with E-state index in [2.05, 4.69) is 27.9 Å². The lowest BCUT2D eigenvalue weighted by atomic mass is 10.2. The van der Waals surface area contributed by atoms with E-state index in [0.717, 1.165) is 9.26 Å². The van der Waals surface area contributed by atoms with Crippen LogP contribution in [0, 0.1) is 3.57 Å². The topological polar surface area (TPSA) is 32.3 Å². The van der Waals surface area contributed by atoms with Crippen LogP contribution in [0.3, 0.4) is 0 Å². The van der Waals surface area contributed by atoms with Gasteiger partial charge in [0.2, 0.25) is 0 Å². The third-order valence-electron chi connectivity index (χ3n) is 2.79. The zero-order chi connectivity index (χ0) is 14.7. The van der Waals surface area contributed by atoms with Crippen LogP contribution in [0.4, 0.5) is 11.4 Å². The van der Waals surface area contributed by atoms with Gasteiger partial charge in [0.1, 0.15) is 0 Å². The Kier molecular flexibility index (Phi) is 4.88. The molecule has 0 bridgehead atoms. The molecule has 0 heterocycles. The highest BCUT2D eigenvalue weighted by Crippen LogP contribution is 2.27. The van der Waals surface area contributed by atoms with Gasteiger partial charge >= 0.3 is 0 Å². The molecule has 0 saturated carbocycles. The van der Waals surface area contributed by atoms with E-state index in [4.69, 9.17) is 11.6 Å². The Balaban J connectivity index is 2.16. The van der Waals surface area contributed by atoms with Crippen molar-refractivity contribution in [1.82, 2.24) is 0 Å². The van der Waals surface area contributed by atoms with Gasteiger partial charge in [-0.05, 0) is 65.1 Å². The molecular formula is C15H14ClIN2O. The Hall–Kier alpha value is -1.27. The predicted molar refractivity (Wildman–Crippen MR) is 92.9 cm³/mol. The van der Waals surface area contributed by atoms with Gasteiger partial charge in [-0.1, -0.05) is 11.6 Å². The minimum Gasteiger partial charge on any atom is -0.376 e. The number of anilines is 2. The maximum absolute atomic E-state index is 12.1. The van der Waals surface area contributed by atoms with E-state index in [1.165, 1.54) is 0 Å². The number of hydrogen-bond donors (Lipinski definition) is 1. The van der Waals surface area contributed by atoms with Gasteiger partial charge in [0.15, 0.2) is 0 Å². The molecule has 0 aliphatic carbocycles. The molecule has 2 aromatic rings. The van der Waals surface area contributed by atoms with E-state index in [1.807, 2.05) is 43.3 Å².